The highest BCUT2D eigenvalue weighted by molar-refractivity contribution is 6.61. The topological polar surface area (TPSA) is 55.4 Å². The van der Waals surface area contributed by atoms with E-state index in [4.69, 9.17) is 28.4 Å². The molecule has 0 radical (unpaired) electrons. The largest absolute Gasteiger partial charge is 0.378 e. The van der Waals surface area contributed by atoms with E-state index in [2.05, 4.69) is 156 Å². The summed E-state index contributed by atoms with van der Waals surface area (Å²) >= 11 is 0. The molecule has 6 heteroatoms. The van der Waals surface area contributed by atoms with Crippen molar-refractivity contribution in [3.63, 3.8) is 0 Å². The second kappa shape index (κ2) is 69.5. The summed E-state index contributed by atoms with van der Waals surface area (Å²) in [5.41, 5.74) is 8.76. The van der Waals surface area contributed by atoms with Gasteiger partial charge in [-0.3, -0.25) is 0 Å². The van der Waals surface area contributed by atoms with Crippen molar-refractivity contribution in [2.75, 3.05) is 39.6 Å². The normalized spacial score (nSPS) is 13.8. The predicted molar refractivity (Wildman–Crippen MR) is 665 cm³/mol. The number of rotatable bonds is 96. The molecule has 0 aromatic heterocycles. The minimum atomic E-state index is 0.329. The molecule has 0 bridgehead atoms. The molecule has 0 heterocycles. The first kappa shape index (κ1) is 121. The van der Waals surface area contributed by atoms with Crippen LogP contribution in [0.1, 0.15) is 579 Å². The second-order valence-corrected chi connectivity index (χ2v) is 48.5. The van der Waals surface area contributed by atoms with Crippen molar-refractivity contribution in [2.24, 2.45) is 0 Å². The quantitative estimate of drug-likeness (QED) is 0.0215. The number of hydrogen-bond acceptors (Lipinski definition) is 6. The van der Waals surface area contributed by atoms with Gasteiger partial charge in [0.1, 0.15) is 0 Å². The highest BCUT2D eigenvalue weighted by Gasteiger charge is 2.34. The van der Waals surface area contributed by atoms with Crippen LogP contribution in [0.15, 0.2) is 72.8 Å². The van der Waals surface area contributed by atoms with E-state index < -0.39 is 0 Å². The van der Waals surface area contributed by atoms with Crippen molar-refractivity contribution >= 4 is 129 Å². The average molecular weight is 2050 g/mol. The van der Waals surface area contributed by atoms with E-state index in [1.807, 2.05) is 0 Å². The van der Waals surface area contributed by atoms with E-state index in [1.54, 1.807) is 0 Å². The maximum atomic E-state index is 7.27. The molecule has 13 aromatic rings. The Morgan fingerprint density at radius 2 is 0.220 bits per heavy atom. The zero-order valence-electron chi connectivity index (χ0n) is 99.2. The van der Waals surface area contributed by atoms with E-state index >= 15 is 0 Å². The highest BCUT2D eigenvalue weighted by atomic mass is 16.5. The van der Waals surface area contributed by atoms with E-state index in [0.717, 1.165) is 117 Å². The molecular weight excluding hydrogens is 1830 g/mol. The van der Waals surface area contributed by atoms with Gasteiger partial charge in [-0.15, -0.1) is 0 Å². The summed E-state index contributed by atoms with van der Waals surface area (Å²) in [4.78, 5) is 0. The Hall–Kier alpha value is -5.70. The molecule has 0 fully saturated rings. The number of ether oxygens (including phenoxy) is 6. The number of hydrogen-bond donors (Lipinski definition) is 0. The van der Waals surface area contributed by atoms with Crippen molar-refractivity contribution in [2.45, 2.75) is 621 Å². The molecular formula is C144H222O6. The molecule has 0 N–H and O–H groups in total. The third-order valence-electron chi connectivity index (χ3n) is 35.8. The lowest BCUT2D eigenvalue weighted by Gasteiger charge is -2.30. The smallest absolute Gasteiger partial charge is 0.0575 e. The van der Waals surface area contributed by atoms with Crippen LogP contribution in [0.3, 0.4) is 0 Å². The number of benzene rings is 13. The average Bonchev–Trinajstić information content (AvgIpc) is 0.640. The Labute approximate surface area is 917 Å². The third-order valence-corrected chi connectivity index (χ3v) is 35.8. The molecule has 0 saturated heterocycles. The van der Waals surface area contributed by atoms with E-state index in [1.165, 1.54) is 586 Å². The van der Waals surface area contributed by atoms with Crippen LogP contribution in [0.2, 0.25) is 0 Å². The Bertz CT molecular complexity index is 4610. The second-order valence-electron chi connectivity index (χ2n) is 48.5. The maximum Gasteiger partial charge on any atom is 0.0575 e. The minimum absolute atomic E-state index is 0.329. The summed E-state index contributed by atoms with van der Waals surface area (Å²) < 4.78 is 43.6. The minimum Gasteiger partial charge on any atom is -0.378 e. The van der Waals surface area contributed by atoms with Gasteiger partial charge < -0.3 is 28.4 Å². The Morgan fingerprint density at radius 1 is 0.120 bits per heavy atom. The summed E-state index contributed by atoms with van der Waals surface area (Å²) in [5.74, 6) is 0. The van der Waals surface area contributed by atoms with Crippen LogP contribution in [0.25, 0.3) is 129 Å². The van der Waals surface area contributed by atoms with E-state index in [9.17, 15) is 0 Å². The predicted octanol–water partition coefficient (Wildman–Crippen LogP) is 46.0. The number of aryl methyl sites for hydroxylation is 6. The van der Waals surface area contributed by atoms with Gasteiger partial charge in [-0.25, -0.2) is 0 Å². The van der Waals surface area contributed by atoms with Gasteiger partial charge in [0, 0.05) is 39.6 Å². The van der Waals surface area contributed by atoms with E-state index in [-0.39, 0.29) is 0 Å². The fraction of sp³-hybridized carbons (Fsp3) is 0.708. The Morgan fingerprint density at radius 3 is 0.340 bits per heavy atom. The van der Waals surface area contributed by atoms with Crippen LogP contribution in [0.4, 0.5) is 0 Å². The third kappa shape index (κ3) is 35.7. The van der Waals surface area contributed by atoms with Gasteiger partial charge >= 0.3 is 0 Å². The van der Waals surface area contributed by atoms with Crippen molar-refractivity contribution in [3.05, 3.63) is 106 Å². The molecule has 0 aliphatic carbocycles. The fourth-order valence-corrected chi connectivity index (χ4v) is 27.2. The molecule has 0 aliphatic heterocycles. The lowest BCUT2D eigenvalue weighted by atomic mass is 9.72. The van der Waals surface area contributed by atoms with Gasteiger partial charge in [-0.05, 0) is 317 Å². The van der Waals surface area contributed by atoms with Crippen molar-refractivity contribution in [1.82, 2.24) is 0 Å². The SMILES string of the molecule is CCCCCCCCC(CCCCC)OCCCc1cc2c3cc(CCCOC(CCCCC)CCCCCCCC)cc4c5cc(CCCOC(CCCCC)CCCCCCCC)cc6c7cc(CCCOC(CCCCC)CCCCCCCC)cc8c9cc(CCCOC(CCCCC)CCCCCCCC)cc%10c%11cc(CCCOC(CCCCC)CCCCCCCC)cc%12c(c1)c2c1c(c34)c(c56)c(c78)c(c%109)c1c%12%11. The lowest BCUT2D eigenvalue weighted by Crippen LogP contribution is -2.14. The Kier molecular flexibility index (Phi) is 56.2. The van der Waals surface area contributed by atoms with Gasteiger partial charge in [0.05, 0.1) is 36.6 Å². The summed E-state index contributed by atoms with van der Waals surface area (Å²) in [6, 6.07) is 33.3. The van der Waals surface area contributed by atoms with Crippen LogP contribution in [0, 0.1) is 0 Å². The van der Waals surface area contributed by atoms with Gasteiger partial charge in [-0.2, -0.15) is 0 Å². The molecule has 6 unspecified atom stereocenters. The highest BCUT2D eigenvalue weighted by Crippen LogP contribution is 2.62. The molecule has 0 saturated carbocycles. The first-order valence-electron chi connectivity index (χ1n) is 66.1. The molecule has 834 valence electrons. The zero-order chi connectivity index (χ0) is 105. The molecule has 0 amide bonds. The molecule has 6 atom stereocenters. The number of fused-ring (bicyclic) bond motifs is 6. The summed E-state index contributed by atoms with van der Waals surface area (Å²) in [6.45, 7) is 33.1. The van der Waals surface area contributed by atoms with Crippen molar-refractivity contribution < 1.29 is 28.4 Å². The van der Waals surface area contributed by atoms with Crippen LogP contribution >= 0.6 is 0 Å². The van der Waals surface area contributed by atoms with Crippen LogP contribution in [-0.2, 0) is 66.9 Å². The molecule has 150 heavy (non-hydrogen) atoms. The molecule has 0 spiro atoms. The first-order chi connectivity index (χ1) is 74.1. The summed E-state index contributed by atoms with van der Waals surface area (Å²) in [7, 11) is 0. The fourth-order valence-electron chi connectivity index (χ4n) is 27.2. The van der Waals surface area contributed by atoms with Gasteiger partial charge in [0.15, 0.2) is 0 Å². The maximum absolute atomic E-state index is 7.27. The van der Waals surface area contributed by atoms with Crippen molar-refractivity contribution in [1.29, 1.82) is 0 Å². The van der Waals surface area contributed by atoms with Crippen LogP contribution < -0.4 is 0 Å². The molecule has 0 aliphatic rings. The van der Waals surface area contributed by atoms with Gasteiger partial charge in [0.2, 0.25) is 0 Å². The monoisotopic (exact) mass is 2050 g/mol. The lowest BCUT2D eigenvalue weighted by molar-refractivity contribution is 0.0367. The molecule has 6 nitrogen and oxygen atoms in total. The summed E-state index contributed by atoms with van der Waals surface area (Å²) in [5, 5.41) is 35.6. The molecule has 13 aromatic carbocycles. The van der Waals surface area contributed by atoms with Gasteiger partial charge in [0.25, 0.3) is 0 Å². The van der Waals surface area contributed by atoms with E-state index in [0.29, 0.717) is 36.6 Å². The van der Waals surface area contributed by atoms with Crippen molar-refractivity contribution in [3.8, 4) is 0 Å². The molecule has 13 rings (SSSR count). The summed E-state index contributed by atoms with van der Waals surface area (Å²) in [6.07, 6.45) is 98.6. The zero-order valence-corrected chi connectivity index (χ0v) is 99.2. The van der Waals surface area contributed by atoms with Gasteiger partial charge in [-0.1, -0.05) is 503 Å². The first-order valence-corrected chi connectivity index (χ1v) is 66.1. The number of unbranched alkanes of at least 4 members (excludes halogenated alkanes) is 42. The standard InChI is InChI=1S/C144H222O6/c1-13-25-37-43-49-61-85-115(79-55-31-19-7)145-91-67-73-109-97-121-123-99-110(74-68-92-146-116(80-56-32-20-8)86-62-50-44-38-26-14-2)101-125-127-103-112(76-70-94-148-118(82-58-34-22-10)88-64-52-46-40-28-16-4)105-129-131-107-114(78-72-96-150-120(84-60-36-24-12)90-66-54-48-42-30-18-6)108-132-130-106-113(77-71-95-149-119(83-59-35-23-11)89-65-53-47-41-29-17-5)104-128-126-102-111(75-69-93-147-117(81-57-33-21-9)87-63-51-45-39-27-15-3)100-124-122(98-109)133(121)139-140(134(123)125)142(136(127)129)144(138(131)132)143(137(128)130)141(139)135(124)126/h97-108,115-120H,13-96H2,1-12H3. The van der Waals surface area contributed by atoms with Crippen LogP contribution in [-0.4, -0.2) is 76.3 Å². The van der Waals surface area contributed by atoms with Crippen LogP contribution in [0.5, 0.6) is 0 Å². The Balaban J connectivity index is 1.05.